The van der Waals surface area contributed by atoms with Crippen LogP contribution in [0.25, 0.3) is 0 Å². The molecule has 2 aromatic carbocycles. The van der Waals surface area contributed by atoms with Crippen LogP contribution in [0, 0.1) is 10.1 Å². The topological polar surface area (TPSA) is 116 Å². The van der Waals surface area contributed by atoms with Gasteiger partial charge in [0.1, 0.15) is 6.33 Å². The number of nitrogens with zero attached hydrogens (tertiary/aromatic N) is 3. The van der Waals surface area contributed by atoms with E-state index in [-0.39, 0.29) is 23.2 Å². The molecule has 1 heterocycles. The summed E-state index contributed by atoms with van der Waals surface area (Å²) in [6.07, 6.45) is 1.16. The Morgan fingerprint density at radius 2 is 1.75 bits per heavy atom. The molecule has 1 N–H and O–H groups in total. The van der Waals surface area contributed by atoms with Gasteiger partial charge in [-0.1, -0.05) is 12.1 Å². The van der Waals surface area contributed by atoms with E-state index in [2.05, 4.69) is 15.3 Å². The summed E-state index contributed by atoms with van der Waals surface area (Å²) in [5.74, 6) is 0.341. The molecule has 3 aromatic rings. The highest BCUT2D eigenvalue weighted by Gasteiger charge is 2.26. The van der Waals surface area contributed by atoms with Crippen LogP contribution in [-0.2, 0) is 0 Å². The highest BCUT2D eigenvalue weighted by molar-refractivity contribution is 5.94. The van der Waals surface area contributed by atoms with Crippen molar-refractivity contribution in [2.75, 3.05) is 12.4 Å². The van der Waals surface area contributed by atoms with Crippen LogP contribution in [0.4, 0.5) is 17.2 Å². The molecule has 0 saturated carbocycles. The summed E-state index contributed by atoms with van der Waals surface area (Å²) in [4.78, 5) is 30.2. The van der Waals surface area contributed by atoms with Crippen LogP contribution in [-0.4, -0.2) is 27.8 Å². The summed E-state index contributed by atoms with van der Waals surface area (Å²) in [5, 5.41) is 14.5. The van der Waals surface area contributed by atoms with Gasteiger partial charge in [0, 0.05) is 11.3 Å². The van der Waals surface area contributed by atoms with Gasteiger partial charge in [-0.15, -0.1) is 0 Å². The van der Waals surface area contributed by atoms with Crippen molar-refractivity contribution in [2.24, 2.45) is 0 Å². The van der Waals surface area contributed by atoms with Gasteiger partial charge in [-0.3, -0.25) is 14.9 Å². The summed E-state index contributed by atoms with van der Waals surface area (Å²) in [5.41, 5.74) is 0.627. The number of rotatable bonds is 7. The summed E-state index contributed by atoms with van der Waals surface area (Å²) in [7, 11) is 1.47. The minimum atomic E-state index is -0.628. The largest absolute Gasteiger partial charge is 0.493 e. The van der Waals surface area contributed by atoms with Gasteiger partial charge in [0.05, 0.1) is 12.0 Å². The first-order chi connectivity index (χ1) is 13.5. The van der Waals surface area contributed by atoms with Gasteiger partial charge < -0.3 is 14.8 Å². The zero-order chi connectivity index (χ0) is 20.1. The number of hydrogen-bond donors (Lipinski definition) is 1. The maximum Gasteiger partial charge on any atom is 0.373 e. The van der Waals surface area contributed by atoms with Gasteiger partial charge >= 0.3 is 11.6 Å². The fourth-order valence-corrected chi connectivity index (χ4v) is 2.43. The zero-order valence-corrected chi connectivity index (χ0v) is 15.1. The molecule has 0 amide bonds. The number of anilines is 2. The lowest BCUT2D eigenvalue weighted by Gasteiger charge is -2.11. The first-order valence-electron chi connectivity index (χ1n) is 8.18. The van der Waals surface area contributed by atoms with Crippen molar-refractivity contribution in [1.82, 2.24) is 9.97 Å². The second kappa shape index (κ2) is 8.12. The first kappa shape index (κ1) is 18.8. The van der Waals surface area contributed by atoms with Gasteiger partial charge in [-0.25, -0.2) is 4.98 Å². The number of hydrogen-bond acceptors (Lipinski definition) is 8. The molecule has 0 atom stereocenters. The van der Waals surface area contributed by atoms with E-state index in [1.165, 1.54) is 14.0 Å². The number of Topliss-reactive ketones (excluding diaryl/α,β-unsaturated/α-hetero) is 1. The average molecular weight is 380 g/mol. The van der Waals surface area contributed by atoms with E-state index in [0.29, 0.717) is 17.0 Å². The van der Waals surface area contributed by atoms with Gasteiger partial charge in [-0.2, -0.15) is 4.98 Å². The number of methoxy groups -OCH3 is 1. The molecule has 142 valence electrons. The van der Waals surface area contributed by atoms with Crippen LogP contribution < -0.4 is 14.8 Å². The summed E-state index contributed by atoms with van der Waals surface area (Å²) in [6.45, 7) is 1.46. The number of ketones is 1. The van der Waals surface area contributed by atoms with E-state index in [0.717, 1.165) is 6.33 Å². The number of para-hydroxylation sites is 2. The van der Waals surface area contributed by atoms with Crippen molar-refractivity contribution in [1.29, 1.82) is 0 Å². The Morgan fingerprint density at radius 3 is 2.36 bits per heavy atom. The Kier molecular flexibility index (Phi) is 5.45. The molecule has 0 radical (unpaired) electrons. The molecule has 0 bridgehead atoms. The fourth-order valence-electron chi connectivity index (χ4n) is 2.43. The average Bonchev–Trinajstić information content (AvgIpc) is 2.68. The van der Waals surface area contributed by atoms with E-state index in [9.17, 15) is 14.9 Å². The molecular formula is C19H16N4O5. The standard InChI is InChI=1S/C19H16N4O5/c1-12(24)13-7-9-14(10-8-13)22-18-17(23(25)26)19(21-11-20-18)28-16-6-4-3-5-15(16)27-2/h3-11H,1-2H3,(H,20,21,22). The van der Waals surface area contributed by atoms with Gasteiger partial charge in [0.2, 0.25) is 5.82 Å². The molecule has 0 fully saturated rings. The predicted molar refractivity (Wildman–Crippen MR) is 101 cm³/mol. The van der Waals surface area contributed by atoms with Crippen LogP contribution in [0.5, 0.6) is 17.4 Å². The molecule has 0 aliphatic carbocycles. The number of aromatic nitrogens is 2. The Hall–Kier alpha value is -4.01. The van der Waals surface area contributed by atoms with E-state index in [1.807, 2.05) is 0 Å². The van der Waals surface area contributed by atoms with Crippen LogP contribution in [0.1, 0.15) is 17.3 Å². The van der Waals surface area contributed by atoms with E-state index in [4.69, 9.17) is 9.47 Å². The molecule has 0 unspecified atom stereocenters. The van der Waals surface area contributed by atoms with Crippen molar-refractivity contribution in [3.05, 3.63) is 70.5 Å². The minimum Gasteiger partial charge on any atom is -0.493 e. The number of carbonyl (C=O) groups excluding carboxylic acids is 1. The lowest BCUT2D eigenvalue weighted by atomic mass is 10.1. The van der Waals surface area contributed by atoms with Crippen molar-refractivity contribution in [2.45, 2.75) is 6.92 Å². The molecule has 0 spiro atoms. The summed E-state index contributed by atoms with van der Waals surface area (Å²) >= 11 is 0. The number of nitrogens with one attached hydrogen (secondary N) is 1. The van der Waals surface area contributed by atoms with Crippen molar-refractivity contribution >= 4 is 23.0 Å². The quantitative estimate of drug-likeness (QED) is 0.369. The minimum absolute atomic E-state index is 0.0412. The highest BCUT2D eigenvalue weighted by Crippen LogP contribution is 2.38. The lowest BCUT2D eigenvalue weighted by Crippen LogP contribution is -2.04. The summed E-state index contributed by atoms with van der Waals surface area (Å²) < 4.78 is 10.8. The second-order valence-electron chi connectivity index (χ2n) is 5.64. The number of benzene rings is 2. The fraction of sp³-hybridized carbons (Fsp3) is 0.105. The number of carbonyl (C=O) groups is 1. The second-order valence-corrected chi connectivity index (χ2v) is 5.64. The van der Waals surface area contributed by atoms with Crippen molar-refractivity contribution in [3.8, 4) is 17.4 Å². The van der Waals surface area contributed by atoms with Crippen LogP contribution >= 0.6 is 0 Å². The Labute approximate surface area is 160 Å². The maximum absolute atomic E-state index is 11.7. The Balaban J connectivity index is 1.95. The van der Waals surface area contributed by atoms with Crippen LogP contribution in [0.15, 0.2) is 54.9 Å². The summed E-state index contributed by atoms with van der Waals surface area (Å²) in [6, 6.07) is 13.2. The number of ether oxygens (including phenoxy) is 2. The highest BCUT2D eigenvalue weighted by atomic mass is 16.6. The van der Waals surface area contributed by atoms with E-state index in [1.54, 1.807) is 48.5 Å². The van der Waals surface area contributed by atoms with Gasteiger partial charge in [-0.05, 0) is 43.3 Å². The van der Waals surface area contributed by atoms with Crippen LogP contribution in [0.3, 0.4) is 0 Å². The molecule has 9 nitrogen and oxygen atoms in total. The third-order valence-electron chi connectivity index (χ3n) is 3.80. The smallest absolute Gasteiger partial charge is 0.373 e. The molecule has 0 aliphatic heterocycles. The van der Waals surface area contributed by atoms with Gasteiger partial charge in [0.15, 0.2) is 17.3 Å². The van der Waals surface area contributed by atoms with Crippen molar-refractivity contribution in [3.63, 3.8) is 0 Å². The van der Waals surface area contributed by atoms with E-state index < -0.39 is 10.6 Å². The number of nitro groups is 1. The van der Waals surface area contributed by atoms with Crippen LogP contribution in [0.2, 0.25) is 0 Å². The molecule has 9 heteroatoms. The monoisotopic (exact) mass is 380 g/mol. The molecule has 0 saturated heterocycles. The predicted octanol–water partition coefficient (Wildman–Crippen LogP) is 4.13. The molecule has 3 rings (SSSR count). The third kappa shape index (κ3) is 4.04. The first-order valence-corrected chi connectivity index (χ1v) is 8.18. The lowest BCUT2D eigenvalue weighted by molar-refractivity contribution is -0.385. The molecule has 28 heavy (non-hydrogen) atoms. The Bertz CT molecular complexity index is 1020. The van der Waals surface area contributed by atoms with Gasteiger partial charge in [0.25, 0.3) is 0 Å². The SMILES string of the molecule is COc1ccccc1Oc1ncnc(Nc2ccc(C(C)=O)cc2)c1[N+](=O)[O-]. The Morgan fingerprint density at radius 1 is 1.07 bits per heavy atom. The third-order valence-corrected chi connectivity index (χ3v) is 3.80. The normalized spacial score (nSPS) is 10.2. The molecule has 1 aromatic heterocycles. The maximum atomic E-state index is 11.7. The molecular weight excluding hydrogens is 364 g/mol. The van der Waals surface area contributed by atoms with Crippen molar-refractivity contribution < 1.29 is 19.2 Å². The molecule has 0 aliphatic rings. The zero-order valence-electron chi connectivity index (χ0n) is 15.1. The van der Waals surface area contributed by atoms with E-state index >= 15 is 0 Å².